The molecule has 1 aliphatic carbocycles. The van der Waals surface area contributed by atoms with Crippen molar-refractivity contribution in [3.63, 3.8) is 0 Å². The number of nitrogens with one attached hydrogen (secondary N) is 2. The van der Waals surface area contributed by atoms with Crippen LogP contribution in [0.5, 0.6) is 0 Å². The summed E-state index contributed by atoms with van der Waals surface area (Å²) in [5.41, 5.74) is 0.126. The molecule has 94 valence electrons. The van der Waals surface area contributed by atoms with E-state index in [1.54, 1.807) is 0 Å². The summed E-state index contributed by atoms with van der Waals surface area (Å²) in [6.07, 6.45) is 1.67. The monoisotopic (exact) mass is 342 g/mol. The Bertz CT molecular complexity index is 525. The SMILES string of the molecule is O=S(=O)(Nc1c(Cl)cc(F)cc1Br)NC1CC1. The smallest absolute Gasteiger partial charge is 0.268 e. The lowest BCUT2D eigenvalue weighted by Gasteiger charge is -2.11. The summed E-state index contributed by atoms with van der Waals surface area (Å²) >= 11 is 8.82. The van der Waals surface area contributed by atoms with Crippen LogP contribution in [0, 0.1) is 5.82 Å². The van der Waals surface area contributed by atoms with Crippen LogP contribution < -0.4 is 9.44 Å². The Labute approximate surface area is 112 Å². The Morgan fingerprint density at radius 1 is 1.41 bits per heavy atom. The topological polar surface area (TPSA) is 58.2 Å². The zero-order valence-electron chi connectivity index (χ0n) is 8.50. The van der Waals surface area contributed by atoms with Gasteiger partial charge in [0.15, 0.2) is 0 Å². The van der Waals surface area contributed by atoms with Gasteiger partial charge in [-0.3, -0.25) is 4.72 Å². The summed E-state index contributed by atoms with van der Waals surface area (Å²) in [7, 11) is -3.67. The lowest BCUT2D eigenvalue weighted by molar-refractivity contribution is 0.586. The van der Waals surface area contributed by atoms with Crippen molar-refractivity contribution < 1.29 is 12.8 Å². The van der Waals surface area contributed by atoms with Crippen LogP contribution in [0.3, 0.4) is 0 Å². The van der Waals surface area contributed by atoms with E-state index in [0.29, 0.717) is 0 Å². The molecule has 8 heteroatoms. The van der Waals surface area contributed by atoms with E-state index >= 15 is 0 Å². The summed E-state index contributed by atoms with van der Waals surface area (Å²) in [4.78, 5) is 0. The normalized spacial score (nSPS) is 15.9. The van der Waals surface area contributed by atoms with Crippen molar-refractivity contribution in [3.8, 4) is 0 Å². The van der Waals surface area contributed by atoms with Gasteiger partial charge in [-0.05, 0) is 40.9 Å². The highest BCUT2D eigenvalue weighted by Gasteiger charge is 2.27. The van der Waals surface area contributed by atoms with Crippen molar-refractivity contribution in [2.45, 2.75) is 18.9 Å². The maximum Gasteiger partial charge on any atom is 0.299 e. The van der Waals surface area contributed by atoms with E-state index in [1.807, 2.05) is 0 Å². The Kier molecular flexibility index (Phi) is 3.63. The largest absolute Gasteiger partial charge is 0.299 e. The molecule has 0 amide bonds. The second-order valence-electron chi connectivity index (χ2n) is 3.74. The van der Waals surface area contributed by atoms with Crippen LogP contribution in [-0.4, -0.2) is 14.5 Å². The molecule has 17 heavy (non-hydrogen) atoms. The van der Waals surface area contributed by atoms with E-state index in [2.05, 4.69) is 25.4 Å². The minimum absolute atomic E-state index is 0.00181. The molecule has 1 aromatic carbocycles. The Morgan fingerprint density at radius 2 is 2.06 bits per heavy atom. The first kappa shape index (κ1) is 13.1. The molecular weight excluding hydrogens is 335 g/mol. The van der Waals surface area contributed by atoms with Gasteiger partial charge in [0.2, 0.25) is 0 Å². The fourth-order valence-electron chi connectivity index (χ4n) is 1.22. The third-order valence-corrected chi connectivity index (χ3v) is 4.18. The average molecular weight is 344 g/mol. The standard InChI is InChI=1S/C9H9BrClFN2O2S/c10-7-3-5(12)4-8(11)9(7)14-17(15,16)13-6-1-2-6/h3-4,6,13-14H,1-2H2. The highest BCUT2D eigenvalue weighted by molar-refractivity contribution is 9.10. The van der Waals surface area contributed by atoms with Crippen molar-refractivity contribution in [2.24, 2.45) is 0 Å². The van der Waals surface area contributed by atoms with Gasteiger partial charge >= 0.3 is 0 Å². The van der Waals surface area contributed by atoms with Gasteiger partial charge in [0.25, 0.3) is 10.2 Å². The molecule has 0 heterocycles. The second-order valence-corrected chi connectivity index (χ2v) is 6.45. The zero-order chi connectivity index (χ0) is 12.6. The highest BCUT2D eigenvalue weighted by atomic mass is 79.9. The quantitative estimate of drug-likeness (QED) is 0.883. The fraction of sp³-hybridized carbons (Fsp3) is 0.333. The molecule has 4 nitrogen and oxygen atoms in total. The van der Waals surface area contributed by atoms with Gasteiger partial charge in [-0.25, -0.2) is 4.39 Å². The van der Waals surface area contributed by atoms with Crippen LogP contribution in [0.15, 0.2) is 16.6 Å². The van der Waals surface area contributed by atoms with Crippen LogP contribution in [0.2, 0.25) is 5.02 Å². The molecule has 1 aromatic rings. The van der Waals surface area contributed by atoms with Crippen molar-refractivity contribution in [1.29, 1.82) is 0 Å². The van der Waals surface area contributed by atoms with E-state index in [4.69, 9.17) is 11.6 Å². The van der Waals surface area contributed by atoms with E-state index in [9.17, 15) is 12.8 Å². The number of hydrogen-bond donors (Lipinski definition) is 2. The molecule has 0 bridgehead atoms. The molecule has 0 atom stereocenters. The van der Waals surface area contributed by atoms with E-state index in [-0.39, 0.29) is 21.2 Å². The molecule has 2 N–H and O–H groups in total. The number of halogens is 3. The summed E-state index contributed by atoms with van der Waals surface area (Å²) in [6.45, 7) is 0. The molecule has 1 aliphatic rings. The minimum atomic E-state index is -3.67. The van der Waals surface area contributed by atoms with Gasteiger partial charge < -0.3 is 0 Å². The first-order chi connectivity index (χ1) is 7.87. The van der Waals surface area contributed by atoms with E-state index in [0.717, 1.165) is 25.0 Å². The third kappa shape index (κ3) is 3.54. The van der Waals surface area contributed by atoms with Gasteiger partial charge in [0.1, 0.15) is 5.82 Å². The summed E-state index contributed by atoms with van der Waals surface area (Å²) < 4.78 is 41.2. The maximum atomic E-state index is 13.0. The van der Waals surface area contributed by atoms with Crippen LogP contribution >= 0.6 is 27.5 Å². The fourth-order valence-corrected chi connectivity index (χ4v) is 3.53. The number of hydrogen-bond acceptors (Lipinski definition) is 2. The van der Waals surface area contributed by atoms with Gasteiger partial charge in [0.05, 0.1) is 10.7 Å². The molecule has 0 spiro atoms. The third-order valence-electron chi connectivity index (χ3n) is 2.14. The zero-order valence-corrected chi connectivity index (χ0v) is 11.7. The molecule has 0 aromatic heterocycles. The Hall–Kier alpha value is -0.370. The van der Waals surface area contributed by atoms with Crippen LogP contribution in [-0.2, 0) is 10.2 Å². The molecule has 2 rings (SSSR count). The molecule has 0 unspecified atom stereocenters. The molecule has 0 radical (unpaired) electrons. The molecule has 1 fully saturated rings. The summed E-state index contributed by atoms with van der Waals surface area (Å²) in [5.74, 6) is -0.542. The van der Waals surface area contributed by atoms with Crippen molar-refractivity contribution in [2.75, 3.05) is 4.72 Å². The van der Waals surface area contributed by atoms with Crippen molar-refractivity contribution in [3.05, 3.63) is 27.4 Å². The lowest BCUT2D eigenvalue weighted by atomic mass is 10.3. The highest BCUT2D eigenvalue weighted by Crippen LogP contribution is 2.32. The summed E-state index contributed by atoms with van der Waals surface area (Å²) in [5, 5.41) is -0.00181. The second kappa shape index (κ2) is 4.72. The van der Waals surface area contributed by atoms with E-state index < -0.39 is 16.0 Å². The van der Waals surface area contributed by atoms with Crippen LogP contribution in [0.1, 0.15) is 12.8 Å². The minimum Gasteiger partial charge on any atom is -0.268 e. The van der Waals surface area contributed by atoms with Crippen molar-refractivity contribution >= 4 is 43.4 Å². The van der Waals surface area contributed by atoms with Gasteiger partial charge in [-0.2, -0.15) is 13.1 Å². The lowest BCUT2D eigenvalue weighted by Crippen LogP contribution is -2.32. The molecule has 1 saturated carbocycles. The predicted molar refractivity (Wildman–Crippen MR) is 67.8 cm³/mol. The number of rotatable bonds is 4. The molecular formula is C9H9BrClFN2O2S. The molecule has 0 aliphatic heterocycles. The van der Waals surface area contributed by atoms with Gasteiger partial charge in [-0.15, -0.1) is 0 Å². The molecule has 0 saturated heterocycles. The predicted octanol–water partition coefficient (Wildman–Crippen LogP) is 2.65. The van der Waals surface area contributed by atoms with Crippen molar-refractivity contribution in [1.82, 2.24) is 4.72 Å². The first-order valence-electron chi connectivity index (χ1n) is 4.82. The number of anilines is 1. The Balaban J connectivity index is 2.23. The van der Waals surface area contributed by atoms with Crippen LogP contribution in [0.4, 0.5) is 10.1 Å². The average Bonchev–Trinajstić information content (AvgIpc) is 2.94. The van der Waals surface area contributed by atoms with E-state index in [1.165, 1.54) is 0 Å². The first-order valence-corrected chi connectivity index (χ1v) is 7.47. The summed E-state index contributed by atoms with van der Waals surface area (Å²) in [6, 6.07) is 2.17. The maximum absolute atomic E-state index is 13.0. The van der Waals surface area contributed by atoms with Crippen LogP contribution in [0.25, 0.3) is 0 Å². The van der Waals surface area contributed by atoms with Gasteiger partial charge in [0, 0.05) is 10.5 Å². The Morgan fingerprint density at radius 3 is 2.59 bits per heavy atom. The number of benzene rings is 1. The van der Waals surface area contributed by atoms with Gasteiger partial charge in [-0.1, -0.05) is 11.6 Å².